The zero-order valence-corrected chi connectivity index (χ0v) is 19.0. The fraction of sp³-hybridized carbons (Fsp3) is 0.0769. The second kappa shape index (κ2) is 8.99. The Morgan fingerprint density at radius 2 is 1.47 bits per heavy atom. The molecule has 0 aliphatic rings. The topological polar surface area (TPSA) is 112 Å². The zero-order chi connectivity index (χ0) is 23.7. The standard InChI is InChI=1S/C26H20N4O3S/c1-15-23(20-4-2-3-5-21(20)27-15)22(33)14-34-26-28-24(16-6-10-18(31)11-7-16)25(29-30-26)17-8-12-19(32)13-9-17/h2-13,27,31-32H,14H2,1H3. The molecule has 5 rings (SSSR count). The van der Waals surface area contributed by atoms with Crippen LogP contribution in [0.1, 0.15) is 16.1 Å². The first kappa shape index (κ1) is 21.7. The van der Waals surface area contributed by atoms with E-state index in [1.165, 1.54) is 11.8 Å². The number of aromatic nitrogens is 4. The van der Waals surface area contributed by atoms with Crippen molar-refractivity contribution in [3.05, 3.63) is 84.1 Å². The van der Waals surface area contributed by atoms with Gasteiger partial charge in [0.25, 0.3) is 0 Å². The fourth-order valence-electron chi connectivity index (χ4n) is 3.84. The summed E-state index contributed by atoms with van der Waals surface area (Å²) >= 11 is 1.22. The molecule has 0 spiro atoms. The molecule has 3 aromatic carbocycles. The summed E-state index contributed by atoms with van der Waals surface area (Å²) in [4.78, 5) is 21.0. The molecule has 7 nitrogen and oxygen atoms in total. The van der Waals surface area contributed by atoms with Crippen molar-refractivity contribution in [3.63, 3.8) is 0 Å². The SMILES string of the molecule is Cc1[nH]c2ccccc2c1C(=O)CSc1nnc(-c2ccc(O)cc2)c(-c2ccc(O)cc2)n1. The molecule has 168 valence electrons. The van der Waals surface area contributed by atoms with Gasteiger partial charge in [0.05, 0.1) is 5.75 Å². The van der Waals surface area contributed by atoms with Gasteiger partial charge in [-0.25, -0.2) is 4.98 Å². The van der Waals surface area contributed by atoms with E-state index in [0.29, 0.717) is 22.1 Å². The number of hydrogen-bond acceptors (Lipinski definition) is 7. The number of hydrogen-bond donors (Lipinski definition) is 3. The Labute approximate surface area is 199 Å². The molecule has 0 fully saturated rings. The first-order valence-electron chi connectivity index (χ1n) is 10.6. The molecule has 0 radical (unpaired) electrons. The number of benzene rings is 3. The minimum atomic E-state index is -0.0163. The van der Waals surface area contributed by atoms with E-state index in [4.69, 9.17) is 4.98 Å². The van der Waals surface area contributed by atoms with Crippen LogP contribution >= 0.6 is 11.8 Å². The molecule has 2 heterocycles. The minimum Gasteiger partial charge on any atom is -0.508 e. The number of thioether (sulfide) groups is 1. The van der Waals surface area contributed by atoms with Gasteiger partial charge in [-0.1, -0.05) is 30.0 Å². The van der Waals surface area contributed by atoms with Gasteiger partial charge in [-0.05, 0) is 61.5 Å². The molecule has 34 heavy (non-hydrogen) atoms. The third-order valence-electron chi connectivity index (χ3n) is 5.45. The van der Waals surface area contributed by atoms with Gasteiger partial charge in [0.1, 0.15) is 22.9 Å². The van der Waals surface area contributed by atoms with E-state index >= 15 is 0 Å². The number of phenolic OH excluding ortho intramolecular Hbond substituents is 2. The fourth-order valence-corrected chi connectivity index (χ4v) is 4.50. The van der Waals surface area contributed by atoms with Crippen LogP contribution in [0.4, 0.5) is 0 Å². The second-order valence-electron chi connectivity index (χ2n) is 7.77. The smallest absolute Gasteiger partial charge is 0.210 e. The number of para-hydroxylation sites is 1. The van der Waals surface area contributed by atoms with Crippen molar-refractivity contribution in [1.82, 2.24) is 20.2 Å². The zero-order valence-electron chi connectivity index (χ0n) is 18.2. The molecule has 0 aliphatic carbocycles. The van der Waals surface area contributed by atoms with Crippen LogP contribution in [-0.4, -0.2) is 41.9 Å². The Hall–Kier alpha value is -4.17. The maximum Gasteiger partial charge on any atom is 0.210 e. The molecule has 0 bridgehead atoms. The average molecular weight is 469 g/mol. The molecule has 0 unspecified atom stereocenters. The Morgan fingerprint density at radius 3 is 2.15 bits per heavy atom. The number of nitrogens with zero attached hydrogens (tertiary/aromatic N) is 3. The quantitative estimate of drug-likeness (QED) is 0.226. The number of aromatic amines is 1. The summed E-state index contributed by atoms with van der Waals surface area (Å²) in [5, 5.41) is 29.2. The van der Waals surface area contributed by atoms with Crippen molar-refractivity contribution in [2.24, 2.45) is 0 Å². The molecule has 2 aromatic heterocycles. The summed E-state index contributed by atoms with van der Waals surface area (Å²) in [6.07, 6.45) is 0. The van der Waals surface area contributed by atoms with Gasteiger partial charge in [0, 0.05) is 33.3 Å². The van der Waals surface area contributed by atoms with Crippen LogP contribution in [0.15, 0.2) is 78.0 Å². The lowest BCUT2D eigenvalue weighted by Gasteiger charge is -2.10. The number of ketones is 1. The number of Topliss-reactive ketones (excluding diaryl/α,β-unsaturated/α-hetero) is 1. The van der Waals surface area contributed by atoms with Crippen molar-refractivity contribution in [3.8, 4) is 34.0 Å². The van der Waals surface area contributed by atoms with E-state index in [2.05, 4.69) is 15.2 Å². The number of phenols is 2. The first-order valence-corrected chi connectivity index (χ1v) is 11.5. The van der Waals surface area contributed by atoms with E-state index < -0.39 is 0 Å². The molecule has 3 N–H and O–H groups in total. The summed E-state index contributed by atoms with van der Waals surface area (Å²) in [5.41, 5.74) is 5.03. The van der Waals surface area contributed by atoms with Crippen LogP contribution in [-0.2, 0) is 0 Å². The van der Waals surface area contributed by atoms with Gasteiger partial charge in [-0.2, -0.15) is 0 Å². The van der Waals surface area contributed by atoms with E-state index in [-0.39, 0.29) is 23.0 Å². The van der Waals surface area contributed by atoms with Crippen LogP contribution in [0.2, 0.25) is 0 Å². The van der Waals surface area contributed by atoms with Crippen molar-refractivity contribution in [2.75, 3.05) is 5.75 Å². The number of carbonyl (C=O) groups is 1. The largest absolute Gasteiger partial charge is 0.508 e. The molecule has 0 amide bonds. The second-order valence-corrected chi connectivity index (χ2v) is 8.71. The third-order valence-corrected chi connectivity index (χ3v) is 6.29. The lowest BCUT2D eigenvalue weighted by atomic mass is 10.0. The first-order chi connectivity index (χ1) is 16.5. The molecule has 0 aliphatic heterocycles. The maximum atomic E-state index is 13.1. The van der Waals surface area contributed by atoms with Gasteiger partial charge in [0.2, 0.25) is 5.16 Å². The molecule has 0 saturated carbocycles. The molecular formula is C26H20N4O3S. The summed E-state index contributed by atoms with van der Waals surface area (Å²) in [7, 11) is 0. The number of fused-ring (bicyclic) bond motifs is 1. The lowest BCUT2D eigenvalue weighted by molar-refractivity contribution is 0.102. The van der Waals surface area contributed by atoms with Crippen LogP contribution in [0.3, 0.4) is 0 Å². The average Bonchev–Trinajstić information content (AvgIpc) is 3.19. The third kappa shape index (κ3) is 4.23. The summed E-state index contributed by atoms with van der Waals surface area (Å²) in [6.45, 7) is 1.89. The normalized spacial score (nSPS) is 11.1. The summed E-state index contributed by atoms with van der Waals surface area (Å²) in [6, 6.07) is 21.0. The lowest BCUT2D eigenvalue weighted by Crippen LogP contribution is -2.06. The van der Waals surface area contributed by atoms with Crippen LogP contribution in [0.5, 0.6) is 11.5 Å². The maximum absolute atomic E-state index is 13.1. The van der Waals surface area contributed by atoms with E-state index in [1.807, 2.05) is 31.2 Å². The predicted octanol–water partition coefficient (Wildman–Crippen LogP) is 5.38. The Kier molecular flexibility index (Phi) is 5.73. The number of rotatable bonds is 6. The molecule has 8 heteroatoms. The van der Waals surface area contributed by atoms with Gasteiger partial charge in [0.15, 0.2) is 5.78 Å². The van der Waals surface area contributed by atoms with Crippen molar-refractivity contribution >= 4 is 28.4 Å². The number of H-pyrrole nitrogens is 1. The molecule has 0 atom stereocenters. The highest BCUT2D eigenvalue weighted by Crippen LogP contribution is 2.32. The number of aryl methyl sites for hydroxylation is 1. The molecule has 5 aromatic rings. The van der Waals surface area contributed by atoms with Crippen LogP contribution in [0, 0.1) is 6.92 Å². The van der Waals surface area contributed by atoms with E-state index in [0.717, 1.165) is 27.7 Å². The predicted molar refractivity (Wildman–Crippen MR) is 132 cm³/mol. The van der Waals surface area contributed by atoms with Gasteiger partial charge in [-0.15, -0.1) is 10.2 Å². The number of carbonyl (C=O) groups excluding carboxylic acids is 1. The van der Waals surface area contributed by atoms with Crippen molar-refractivity contribution < 1.29 is 15.0 Å². The summed E-state index contributed by atoms with van der Waals surface area (Å²) in [5.74, 6) is 0.440. The molecular weight excluding hydrogens is 448 g/mol. The monoisotopic (exact) mass is 468 g/mol. The van der Waals surface area contributed by atoms with Crippen molar-refractivity contribution in [1.29, 1.82) is 0 Å². The highest BCUT2D eigenvalue weighted by atomic mass is 32.2. The molecule has 0 saturated heterocycles. The summed E-state index contributed by atoms with van der Waals surface area (Å²) < 4.78 is 0. The van der Waals surface area contributed by atoms with Crippen LogP contribution < -0.4 is 0 Å². The number of aromatic hydroxyl groups is 2. The Morgan fingerprint density at radius 1 is 0.853 bits per heavy atom. The van der Waals surface area contributed by atoms with Gasteiger partial charge in [-0.3, -0.25) is 4.79 Å². The number of nitrogens with one attached hydrogen (secondary N) is 1. The Bertz CT molecular complexity index is 1500. The van der Waals surface area contributed by atoms with Crippen LogP contribution in [0.25, 0.3) is 33.4 Å². The van der Waals surface area contributed by atoms with E-state index in [1.54, 1.807) is 48.5 Å². The minimum absolute atomic E-state index is 0.0163. The van der Waals surface area contributed by atoms with Gasteiger partial charge < -0.3 is 15.2 Å². The highest BCUT2D eigenvalue weighted by molar-refractivity contribution is 7.99. The van der Waals surface area contributed by atoms with Gasteiger partial charge >= 0.3 is 0 Å². The Balaban J connectivity index is 1.47. The van der Waals surface area contributed by atoms with E-state index in [9.17, 15) is 15.0 Å². The van der Waals surface area contributed by atoms with Crippen molar-refractivity contribution in [2.45, 2.75) is 12.1 Å². The highest BCUT2D eigenvalue weighted by Gasteiger charge is 2.18.